The fourth-order valence-corrected chi connectivity index (χ4v) is 4.12. The van der Waals surface area contributed by atoms with Gasteiger partial charge in [-0.05, 0) is 48.0 Å². The summed E-state index contributed by atoms with van der Waals surface area (Å²) in [5, 5.41) is 11.2. The van der Waals surface area contributed by atoms with E-state index in [0.717, 1.165) is 21.7 Å². The summed E-state index contributed by atoms with van der Waals surface area (Å²) in [4.78, 5) is 25.9. The summed E-state index contributed by atoms with van der Waals surface area (Å²) in [5.41, 5.74) is 3.97. The number of carbonyl (C=O) groups is 1. The molecule has 0 spiro atoms. The number of methoxy groups -OCH3 is 1. The molecule has 4 rings (SSSR count). The second kappa shape index (κ2) is 7.80. The number of fused-ring (bicyclic) bond motifs is 1. The zero-order chi connectivity index (χ0) is 20.5. The highest BCUT2D eigenvalue weighted by Gasteiger charge is 2.19. The molecular formula is C19H15BrN6O2S. The number of anilines is 1. The summed E-state index contributed by atoms with van der Waals surface area (Å²) in [5.74, 6) is 0.255. The number of thiazole rings is 1. The Hall–Kier alpha value is -2.98. The van der Waals surface area contributed by atoms with Gasteiger partial charge in [0, 0.05) is 28.7 Å². The van der Waals surface area contributed by atoms with Gasteiger partial charge in [-0.3, -0.25) is 20.1 Å². The molecule has 0 fully saturated rings. The minimum Gasteiger partial charge on any atom is -0.494 e. The van der Waals surface area contributed by atoms with Crippen molar-refractivity contribution in [2.45, 2.75) is 13.8 Å². The van der Waals surface area contributed by atoms with Crippen LogP contribution in [0.25, 0.3) is 21.5 Å². The molecule has 10 heteroatoms. The molecule has 0 unspecified atom stereocenters. The lowest BCUT2D eigenvalue weighted by Gasteiger charge is -2.13. The number of aryl methyl sites for hydroxylation is 2. The Morgan fingerprint density at radius 3 is 2.55 bits per heavy atom. The second-order valence-corrected chi connectivity index (χ2v) is 8.07. The molecule has 1 N–H and O–H groups in total. The average Bonchev–Trinajstić information content (AvgIpc) is 3.09. The van der Waals surface area contributed by atoms with Crippen molar-refractivity contribution in [1.82, 2.24) is 25.1 Å². The molecule has 8 nitrogen and oxygen atoms in total. The van der Waals surface area contributed by atoms with Gasteiger partial charge in [-0.1, -0.05) is 11.3 Å². The van der Waals surface area contributed by atoms with Crippen molar-refractivity contribution < 1.29 is 9.53 Å². The first-order valence-electron chi connectivity index (χ1n) is 8.53. The van der Waals surface area contributed by atoms with Gasteiger partial charge in [-0.15, -0.1) is 10.2 Å². The molecule has 0 saturated heterocycles. The number of carbonyl (C=O) groups excluding carboxylic acids is 1. The molecular weight excluding hydrogens is 456 g/mol. The zero-order valence-corrected chi connectivity index (χ0v) is 18.1. The fraction of sp³-hybridized carbons (Fsp3) is 0.158. The predicted molar refractivity (Wildman–Crippen MR) is 114 cm³/mol. The van der Waals surface area contributed by atoms with Crippen molar-refractivity contribution in [3.8, 4) is 16.9 Å². The van der Waals surface area contributed by atoms with Crippen molar-refractivity contribution >= 4 is 48.7 Å². The summed E-state index contributed by atoms with van der Waals surface area (Å²) in [6, 6.07) is 5.54. The van der Waals surface area contributed by atoms with Crippen LogP contribution in [0.1, 0.15) is 21.7 Å². The van der Waals surface area contributed by atoms with Crippen LogP contribution in [0.2, 0.25) is 0 Å². The molecule has 29 heavy (non-hydrogen) atoms. The highest BCUT2D eigenvalue weighted by atomic mass is 79.9. The van der Waals surface area contributed by atoms with Crippen molar-refractivity contribution in [2.24, 2.45) is 0 Å². The number of aromatic nitrogens is 5. The molecule has 0 aliphatic heterocycles. The summed E-state index contributed by atoms with van der Waals surface area (Å²) >= 11 is 4.60. The number of amides is 1. The van der Waals surface area contributed by atoms with E-state index in [1.807, 2.05) is 26.0 Å². The van der Waals surface area contributed by atoms with E-state index in [9.17, 15) is 4.79 Å². The van der Waals surface area contributed by atoms with Gasteiger partial charge >= 0.3 is 0 Å². The lowest BCUT2D eigenvalue weighted by Crippen LogP contribution is -2.14. The van der Waals surface area contributed by atoms with E-state index in [2.05, 4.69) is 46.4 Å². The Balaban J connectivity index is 1.75. The first-order valence-corrected chi connectivity index (χ1v) is 10.1. The van der Waals surface area contributed by atoms with Crippen LogP contribution in [-0.4, -0.2) is 38.2 Å². The van der Waals surface area contributed by atoms with Gasteiger partial charge in [0.25, 0.3) is 5.91 Å². The van der Waals surface area contributed by atoms with E-state index in [0.29, 0.717) is 32.3 Å². The van der Waals surface area contributed by atoms with Crippen molar-refractivity contribution in [3.05, 3.63) is 52.1 Å². The first kappa shape index (κ1) is 19.3. The van der Waals surface area contributed by atoms with Crippen LogP contribution >= 0.6 is 27.3 Å². The number of ether oxygens (including phenoxy) is 1. The van der Waals surface area contributed by atoms with Gasteiger partial charge in [0.1, 0.15) is 10.4 Å². The van der Waals surface area contributed by atoms with Gasteiger partial charge in [0.15, 0.2) is 10.8 Å². The van der Waals surface area contributed by atoms with E-state index in [1.54, 1.807) is 25.6 Å². The number of rotatable bonds is 4. The maximum atomic E-state index is 13.1. The number of halogens is 1. The van der Waals surface area contributed by atoms with Crippen LogP contribution in [0, 0.1) is 13.8 Å². The maximum absolute atomic E-state index is 13.1. The molecule has 0 radical (unpaired) electrons. The number of hydrogen-bond donors (Lipinski definition) is 1. The van der Waals surface area contributed by atoms with Crippen LogP contribution in [0.15, 0.2) is 35.2 Å². The summed E-state index contributed by atoms with van der Waals surface area (Å²) in [6.45, 7) is 3.76. The molecule has 1 amide bonds. The normalized spacial score (nSPS) is 10.9. The van der Waals surface area contributed by atoms with Gasteiger partial charge < -0.3 is 4.74 Å². The minimum absolute atomic E-state index is 0.324. The Morgan fingerprint density at radius 2 is 1.79 bits per heavy atom. The molecule has 146 valence electrons. The highest BCUT2D eigenvalue weighted by Crippen LogP contribution is 2.33. The first-order chi connectivity index (χ1) is 13.9. The van der Waals surface area contributed by atoms with E-state index >= 15 is 0 Å². The highest BCUT2D eigenvalue weighted by molar-refractivity contribution is 9.10. The Labute approximate surface area is 178 Å². The lowest BCUT2D eigenvalue weighted by atomic mass is 9.99. The molecule has 0 saturated carbocycles. The summed E-state index contributed by atoms with van der Waals surface area (Å²) in [7, 11) is 1.57. The van der Waals surface area contributed by atoms with Crippen molar-refractivity contribution in [1.29, 1.82) is 0 Å². The van der Waals surface area contributed by atoms with Crippen LogP contribution in [-0.2, 0) is 0 Å². The second-order valence-electron chi connectivity index (χ2n) is 6.23. The number of hydrogen-bond acceptors (Lipinski definition) is 8. The summed E-state index contributed by atoms with van der Waals surface area (Å²) in [6.07, 6.45) is 3.20. The third-order valence-corrected chi connectivity index (χ3v) is 5.44. The van der Waals surface area contributed by atoms with Crippen molar-refractivity contribution in [2.75, 3.05) is 12.4 Å². The minimum atomic E-state index is -0.324. The Morgan fingerprint density at radius 1 is 1.07 bits per heavy atom. The monoisotopic (exact) mass is 470 g/mol. The maximum Gasteiger partial charge on any atom is 0.259 e. The average molecular weight is 471 g/mol. The standard InChI is InChI=1S/C19H15BrN6O2S/c1-9-4-11(12-5-10(2)22-8-14(12)28-3)13(7-21-9)18(27)24-19-23-17-15(29-19)6-16(20)25-26-17/h4-8H,1-3H3,(H,23,24,26,27). The van der Waals surface area contributed by atoms with Gasteiger partial charge in [0.05, 0.1) is 23.6 Å². The predicted octanol–water partition coefficient (Wildman–Crippen LogP) is 4.18. The molecule has 0 bridgehead atoms. The molecule has 4 aromatic heterocycles. The van der Waals surface area contributed by atoms with Gasteiger partial charge in [-0.25, -0.2) is 0 Å². The molecule has 0 aliphatic rings. The fourth-order valence-electron chi connectivity index (χ4n) is 2.82. The van der Waals surface area contributed by atoms with Crippen LogP contribution in [0.4, 0.5) is 5.13 Å². The smallest absolute Gasteiger partial charge is 0.259 e. The number of nitrogens with one attached hydrogen (secondary N) is 1. The van der Waals surface area contributed by atoms with E-state index in [-0.39, 0.29) is 5.91 Å². The quantitative estimate of drug-likeness (QED) is 0.476. The molecule has 0 aliphatic carbocycles. The topological polar surface area (TPSA) is 103 Å². The Bertz CT molecular complexity index is 1240. The van der Waals surface area contributed by atoms with Gasteiger partial charge in [-0.2, -0.15) is 4.98 Å². The van der Waals surface area contributed by atoms with Crippen LogP contribution in [0.3, 0.4) is 0 Å². The van der Waals surface area contributed by atoms with E-state index in [4.69, 9.17) is 4.74 Å². The third-order valence-electron chi connectivity index (χ3n) is 4.14. The molecule has 0 aromatic carbocycles. The van der Waals surface area contributed by atoms with E-state index in [1.165, 1.54) is 11.3 Å². The number of nitrogens with zero attached hydrogens (tertiary/aromatic N) is 5. The Kier molecular flexibility index (Phi) is 5.20. The van der Waals surface area contributed by atoms with E-state index < -0.39 is 0 Å². The van der Waals surface area contributed by atoms with Crippen molar-refractivity contribution in [3.63, 3.8) is 0 Å². The van der Waals surface area contributed by atoms with Crippen LogP contribution < -0.4 is 10.1 Å². The van der Waals surface area contributed by atoms with Gasteiger partial charge in [0.2, 0.25) is 0 Å². The molecule has 4 heterocycles. The van der Waals surface area contributed by atoms with Crippen LogP contribution in [0.5, 0.6) is 5.75 Å². The zero-order valence-electron chi connectivity index (χ0n) is 15.7. The number of pyridine rings is 2. The lowest BCUT2D eigenvalue weighted by molar-refractivity contribution is 0.102. The third kappa shape index (κ3) is 3.94. The molecule has 0 atom stereocenters. The molecule has 4 aromatic rings. The summed E-state index contributed by atoms with van der Waals surface area (Å²) < 4.78 is 6.88. The SMILES string of the molecule is COc1cnc(C)cc1-c1cc(C)ncc1C(=O)Nc1nc2nnc(Br)cc2s1. The largest absolute Gasteiger partial charge is 0.494 e.